The summed E-state index contributed by atoms with van der Waals surface area (Å²) in [7, 11) is 4.01. The monoisotopic (exact) mass is 251 g/mol. The largest absolute Gasteiger partial charge is 0.342 e. The fourth-order valence-electron chi connectivity index (χ4n) is 1.44. The van der Waals surface area contributed by atoms with Crippen LogP contribution in [0.25, 0.3) is 0 Å². The van der Waals surface area contributed by atoms with Gasteiger partial charge in [-0.2, -0.15) is 4.37 Å². The Labute approximate surface area is 105 Å². The van der Waals surface area contributed by atoms with Gasteiger partial charge in [0.15, 0.2) is 0 Å². The quantitative estimate of drug-likeness (QED) is 0.834. The van der Waals surface area contributed by atoms with Gasteiger partial charge in [0, 0.05) is 43.9 Å². The second-order valence-corrected chi connectivity index (χ2v) is 5.13. The number of imidazole rings is 1. The van der Waals surface area contributed by atoms with Crippen LogP contribution < -0.4 is 4.90 Å². The van der Waals surface area contributed by atoms with Crippen LogP contribution in [0.5, 0.6) is 0 Å². The number of nitrogens with zero attached hydrogens (tertiary/aromatic N) is 5. The zero-order chi connectivity index (χ0) is 12.4. The van der Waals surface area contributed by atoms with Crippen LogP contribution in [0, 0.1) is 0 Å². The van der Waals surface area contributed by atoms with E-state index in [1.54, 1.807) is 0 Å². The van der Waals surface area contributed by atoms with E-state index in [9.17, 15) is 0 Å². The van der Waals surface area contributed by atoms with E-state index in [1.165, 1.54) is 11.5 Å². The maximum Gasteiger partial charge on any atom is 0.205 e. The van der Waals surface area contributed by atoms with E-state index in [2.05, 4.69) is 33.1 Å². The molecule has 0 spiro atoms. The summed E-state index contributed by atoms with van der Waals surface area (Å²) in [6.45, 7) is 4.95. The first-order valence-corrected chi connectivity index (χ1v) is 6.36. The van der Waals surface area contributed by atoms with Gasteiger partial charge in [0.2, 0.25) is 5.13 Å². The first kappa shape index (κ1) is 12.0. The summed E-state index contributed by atoms with van der Waals surface area (Å²) in [5, 5.41) is 0.941. The average molecular weight is 251 g/mol. The van der Waals surface area contributed by atoms with Crippen LogP contribution in [0.2, 0.25) is 0 Å². The molecule has 0 fully saturated rings. The predicted octanol–water partition coefficient (Wildman–Crippen LogP) is 2.03. The van der Waals surface area contributed by atoms with Crippen LogP contribution in [0.4, 0.5) is 5.13 Å². The van der Waals surface area contributed by atoms with Crippen LogP contribution in [0.3, 0.4) is 0 Å². The number of aryl methyl sites for hydroxylation is 1. The van der Waals surface area contributed by atoms with Crippen molar-refractivity contribution in [3.05, 3.63) is 24.0 Å². The number of rotatable bonds is 4. The van der Waals surface area contributed by atoms with Crippen molar-refractivity contribution in [3.63, 3.8) is 0 Å². The van der Waals surface area contributed by atoms with E-state index in [0.717, 1.165) is 23.3 Å². The van der Waals surface area contributed by atoms with Crippen molar-refractivity contribution in [3.8, 4) is 0 Å². The second kappa shape index (κ2) is 4.83. The van der Waals surface area contributed by atoms with Crippen LogP contribution in [0.1, 0.15) is 31.4 Å². The SMILES string of the molecule is CC(C)c1nsc(N(C)Cc2nccn2C)n1. The Kier molecular flexibility index (Phi) is 3.42. The number of aromatic nitrogens is 4. The normalized spacial score (nSPS) is 11.1. The van der Waals surface area contributed by atoms with Crippen LogP contribution >= 0.6 is 11.5 Å². The molecule has 0 saturated carbocycles. The van der Waals surface area contributed by atoms with Gasteiger partial charge >= 0.3 is 0 Å². The molecule has 0 bridgehead atoms. The topological polar surface area (TPSA) is 46.8 Å². The molecule has 5 nitrogen and oxygen atoms in total. The highest BCUT2D eigenvalue weighted by Gasteiger charge is 2.12. The smallest absolute Gasteiger partial charge is 0.205 e. The molecule has 0 amide bonds. The van der Waals surface area contributed by atoms with Crippen molar-refractivity contribution in [2.24, 2.45) is 7.05 Å². The highest BCUT2D eigenvalue weighted by Crippen LogP contribution is 2.21. The third kappa shape index (κ3) is 2.63. The molecule has 2 aromatic rings. The molecule has 0 N–H and O–H groups in total. The third-order valence-electron chi connectivity index (χ3n) is 2.57. The molecule has 0 unspecified atom stereocenters. The van der Waals surface area contributed by atoms with Crippen molar-refractivity contribution in [2.45, 2.75) is 26.3 Å². The lowest BCUT2D eigenvalue weighted by Crippen LogP contribution is -2.18. The van der Waals surface area contributed by atoms with Crippen LogP contribution in [-0.4, -0.2) is 26.0 Å². The van der Waals surface area contributed by atoms with Gasteiger partial charge in [0.25, 0.3) is 0 Å². The minimum Gasteiger partial charge on any atom is -0.342 e. The zero-order valence-corrected chi connectivity index (χ0v) is 11.4. The molecule has 0 atom stereocenters. The van der Waals surface area contributed by atoms with Gasteiger partial charge in [0.1, 0.15) is 11.6 Å². The predicted molar refractivity (Wildman–Crippen MR) is 69.3 cm³/mol. The molecule has 17 heavy (non-hydrogen) atoms. The highest BCUT2D eigenvalue weighted by atomic mass is 32.1. The summed E-state index contributed by atoms with van der Waals surface area (Å²) in [5.41, 5.74) is 0. The summed E-state index contributed by atoms with van der Waals surface area (Å²) in [6.07, 6.45) is 3.76. The summed E-state index contributed by atoms with van der Waals surface area (Å²) in [6, 6.07) is 0. The van der Waals surface area contributed by atoms with Gasteiger partial charge in [0.05, 0.1) is 6.54 Å². The maximum absolute atomic E-state index is 4.52. The summed E-state index contributed by atoms with van der Waals surface area (Å²) in [5.74, 6) is 2.31. The van der Waals surface area contributed by atoms with E-state index < -0.39 is 0 Å². The number of anilines is 1. The molecular weight excluding hydrogens is 234 g/mol. The summed E-state index contributed by atoms with van der Waals surface area (Å²) < 4.78 is 6.36. The van der Waals surface area contributed by atoms with Gasteiger partial charge in [-0.1, -0.05) is 13.8 Å². The molecule has 92 valence electrons. The molecule has 2 aromatic heterocycles. The van der Waals surface area contributed by atoms with Gasteiger partial charge in [-0.15, -0.1) is 0 Å². The Morgan fingerprint density at radius 2 is 2.24 bits per heavy atom. The summed E-state index contributed by atoms with van der Waals surface area (Å²) in [4.78, 5) is 10.9. The van der Waals surface area contributed by atoms with E-state index in [0.29, 0.717) is 5.92 Å². The lowest BCUT2D eigenvalue weighted by atomic mass is 10.2. The minimum absolute atomic E-state index is 0.376. The first-order chi connectivity index (χ1) is 8.08. The molecule has 2 rings (SSSR count). The minimum atomic E-state index is 0.376. The van der Waals surface area contributed by atoms with Crippen molar-refractivity contribution >= 4 is 16.7 Å². The van der Waals surface area contributed by atoms with Crippen molar-refractivity contribution in [1.29, 1.82) is 0 Å². The Morgan fingerprint density at radius 1 is 1.47 bits per heavy atom. The van der Waals surface area contributed by atoms with Gasteiger partial charge in [-0.3, -0.25) is 0 Å². The Morgan fingerprint density at radius 3 is 2.76 bits per heavy atom. The van der Waals surface area contributed by atoms with Crippen molar-refractivity contribution in [2.75, 3.05) is 11.9 Å². The molecular formula is C11H17N5S. The average Bonchev–Trinajstić information content (AvgIpc) is 2.88. The molecule has 6 heteroatoms. The summed E-state index contributed by atoms with van der Waals surface area (Å²) >= 11 is 1.44. The standard InChI is InChI=1S/C11H17N5S/c1-8(2)10-13-11(17-14-10)16(4)7-9-12-5-6-15(9)3/h5-6,8H,7H2,1-4H3. The van der Waals surface area contributed by atoms with Gasteiger partial charge < -0.3 is 9.47 Å². The third-order valence-corrected chi connectivity index (χ3v) is 3.42. The van der Waals surface area contributed by atoms with Crippen LogP contribution in [-0.2, 0) is 13.6 Å². The van der Waals surface area contributed by atoms with E-state index in [-0.39, 0.29) is 0 Å². The lowest BCUT2D eigenvalue weighted by molar-refractivity contribution is 0.752. The molecule has 0 aliphatic rings. The Bertz CT molecular complexity index is 488. The fraction of sp³-hybridized carbons (Fsp3) is 0.545. The Balaban J connectivity index is 2.09. The molecule has 0 saturated heterocycles. The zero-order valence-electron chi connectivity index (χ0n) is 10.6. The molecule has 2 heterocycles. The molecule has 0 aliphatic carbocycles. The van der Waals surface area contributed by atoms with Crippen LogP contribution in [0.15, 0.2) is 12.4 Å². The van der Waals surface area contributed by atoms with Crippen molar-refractivity contribution in [1.82, 2.24) is 18.9 Å². The first-order valence-electron chi connectivity index (χ1n) is 5.59. The van der Waals surface area contributed by atoms with Gasteiger partial charge in [-0.25, -0.2) is 9.97 Å². The Hall–Kier alpha value is -1.43. The lowest BCUT2D eigenvalue weighted by Gasteiger charge is -2.14. The molecule has 0 aromatic carbocycles. The van der Waals surface area contributed by atoms with Crippen molar-refractivity contribution < 1.29 is 0 Å². The number of hydrogen-bond donors (Lipinski definition) is 0. The maximum atomic E-state index is 4.52. The fourth-order valence-corrected chi connectivity index (χ4v) is 2.21. The highest BCUT2D eigenvalue weighted by molar-refractivity contribution is 7.09. The van der Waals surface area contributed by atoms with E-state index in [4.69, 9.17) is 0 Å². The van der Waals surface area contributed by atoms with E-state index in [1.807, 2.05) is 31.1 Å². The second-order valence-electron chi connectivity index (χ2n) is 4.40. The number of hydrogen-bond acceptors (Lipinski definition) is 5. The molecule has 0 aliphatic heterocycles. The molecule has 0 radical (unpaired) electrons. The van der Waals surface area contributed by atoms with Gasteiger partial charge in [-0.05, 0) is 0 Å². The van der Waals surface area contributed by atoms with E-state index >= 15 is 0 Å².